The average molecular weight is 443 g/mol. The van der Waals surface area contributed by atoms with E-state index in [4.69, 9.17) is 0 Å². The molecule has 1 aliphatic rings. The number of fused-ring (bicyclic) bond motifs is 1. The molecular weight excluding hydrogens is 425 g/mol. The lowest BCUT2D eigenvalue weighted by Gasteiger charge is -2.24. The number of hydrogen-bond donors (Lipinski definition) is 1. The molecule has 1 unspecified atom stereocenters. The lowest BCUT2D eigenvalue weighted by Crippen LogP contribution is -2.28. The zero-order valence-corrected chi connectivity index (χ0v) is 17.7. The summed E-state index contributed by atoms with van der Waals surface area (Å²) in [7, 11) is 0. The summed E-state index contributed by atoms with van der Waals surface area (Å²) in [6.07, 6.45) is 0. The van der Waals surface area contributed by atoms with Gasteiger partial charge in [-0.15, -0.1) is 11.3 Å². The highest BCUT2D eigenvalue weighted by atomic mass is 32.1. The zero-order chi connectivity index (χ0) is 22.2. The Morgan fingerprint density at radius 2 is 1.69 bits per heavy atom. The first-order chi connectivity index (χ1) is 15.5. The Hall–Kier alpha value is -3.77. The lowest BCUT2D eigenvalue weighted by atomic mass is 9.96. The van der Waals surface area contributed by atoms with Gasteiger partial charge in [0.15, 0.2) is 0 Å². The molecule has 158 valence electrons. The summed E-state index contributed by atoms with van der Waals surface area (Å²) < 4.78 is 13.3. The predicted octanol–water partition coefficient (Wildman–Crippen LogP) is 5.66. The highest BCUT2D eigenvalue weighted by Crippen LogP contribution is 2.42. The number of carbonyl (C=O) groups is 2. The molecule has 5 rings (SSSR count). The van der Waals surface area contributed by atoms with Crippen molar-refractivity contribution in [2.75, 3.05) is 0 Å². The van der Waals surface area contributed by atoms with E-state index < -0.39 is 17.7 Å². The Labute approximate surface area is 187 Å². The predicted molar refractivity (Wildman–Crippen MR) is 123 cm³/mol. The number of Topliss-reactive ketones (excluding diaryl/α,β-unsaturated/α-hetero) is 1. The van der Waals surface area contributed by atoms with Gasteiger partial charge in [-0.05, 0) is 39.9 Å². The summed E-state index contributed by atoms with van der Waals surface area (Å²) in [5.74, 6) is -1.98. The van der Waals surface area contributed by atoms with E-state index in [9.17, 15) is 19.1 Å². The van der Waals surface area contributed by atoms with Crippen LogP contribution in [0.25, 0.3) is 16.5 Å². The van der Waals surface area contributed by atoms with E-state index in [0.717, 1.165) is 15.6 Å². The molecule has 1 fully saturated rings. The number of rotatable bonds is 4. The van der Waals surface area contributed by atoms with Crippen molar-refractivity contribution in [2.24, 2.45) is 0 Å². The van der Waals surface area contributed by atoms with Crippen molar-refractivity contribution in [2.45, 2.75) is 12.6 Å². The van der Waals surface area contributed by atoms with Crippen molar-refractivity contribution >= 4 is 39.6 Å². The largest absolute Gasteiger partial charge is 0.507 e. The molecule has 0 aliphatic carbocycles. The molecule has 1 aromatic heterocycles. The molecule has 0 saturated carbocycles. The van der Waals surface area contributed by atoms with Crippen LogP contribution >= 0.6 is 11.3 Å². The second-order valence-corrected chi connectivity index (χ2v) is 8.57. The number of aliphatic hydroxyl groups is 1. The highest BCUT2D eigenvalue weighted by molar-refractivity contribution is 7.10. The van der Waals surface area contributed by atoms with Crippen LogP contribution in [0.5, 0.6) is 0 Å². The van der Waals surface area contributed by atoms with Gasteiger partial charge < -0.3 is 10.0 Å². The second-order valence-electron chi connectivity index (χ2n) is 7.60. The van der Waals surface area contributed by atoms with Gasteiger partial charge in [-0.3, -0.25) is 9.59 Å². The minimum atomic E-state index is -0.726. The summed E-state index contributed by atoms with van der Waals surface area (Å²) >= 11 is 1.41. The van der Waals surface area contributed by atoms with Crippen LogP contribution < -0.4 is 0 Å². The third kappa shape index (κ3) is 3.39. The van der Waals surface area contributed by atoms with Crippen molar-refractivity contribution in [3.8, 4) is 0 Å². The van der Waals surface area contributed by atoms with E-state index in [-0.39, 0.29) is 23.7 Å². The molecule has 1 amide bonds. The quantitative estimate of drug-likeness (QED) is 0.251. The van der Waals surface area contributed by atoms with Gasteiger partial charge >= 0.3 is 0 Å². The Balaban J connectivity index is 1.67. The topological polar surface area (TPSA) is 57.6 Å². The number of aliphatic hydroxyl groups excluding tert-OH is 1. The number of amides is 1. The highest BCUT2D eigenvalue weighted by Gasteiger charge is 2.46. The van der Waals surface area contributed by atoms with Gasteiger partial charge in [-0.2, -0.15) is 0 Å². The van der Waals surface area contributed by atoms with Crippen LogP contribution in [0.1, 0.15) is 22.0 Å². The van der Waals surface area contributed by atoms with Gasteiger partial charge in [0, 0.05) is 17.0 Å². The van der Waals surface area contributed by atoms with Gasteiger partial charge in [-0.1, -0.05) is 60.7 Å². The van der Waals surface area contributed by atoms with Crippen LogP contribution in [0.15, 0.2) is 89.8 Å². The summed E-state index contributed by atoms with van der Waals surface area (Å²) in [6.45, 7) is 0.125. The first-order valence-corrected chi connectivity index (χ1v) is 11.0. The van der Waals surface area contributed by atoms with Crippen molar-refractivity contribution in [1.82, 2.24) is 4.90 Å². The van der Waals surface area contributed by atoms with Crippen molar-refractivity contribution in [3.05, 3.63) is 112 Å². The van der Waals surface area contributed by atoms with Gasteiger partial charge in [0.2, 0.25) is 0 Å². The minimum absolute atomic E-state index is 0.0657. The molecule has 6 heteroatoms. The number of halogens is 1. The smallest absolute Gasteiger partial charge is 0.295 e. The third-order valence-corrected chi connectivity index (χ3v) is 6.59. The number of carbonyl (C=O) groups excluding carboxylic acids is 2. The Morgan fingerprint density at radius 1 is 0.938 bits per heavy atom. The fourth-order valence-electron chi connectivity index (χ4n) is 4.15. The fourth-order valence-corrected chi connectivity index (χ4v) is 4.99. The van der Waals surface area contributed by atoms with E-state index in [2.05, 4.69) is 0 Å². The van der Waals surface area contributed by atoms with E-state index in [1.165, 1.54) is 28.4 Å². The maximum atomic E-state index is 13.3. The Bertz CT molecular complexity index is 1350. The Morgan fingerprint density at radius 3 is 2.44 bits per heavy atom. The molecule has 32 heavy (non-hydrogen) atoms. The monoisotopic (exact) mass is 443 g/mol. The summed E-state index contributed by atoms with van der Waals surface area (Å²) in [6, 6.07) is 21.8. The number of likely N-dealkylation sites (tertiary alicyclic amines) is 1. The molecule has 0 radical (unpaired) electrons. The van der Waals surface area contributed by atoms with Gasteiger partial charge in [0.1, 0.15) is 11.6 Å². The van der Waals surface area contributed by atoms with Crippen LogP contribution in [0.3, 0.4) is 0 Å². The summed E-state index contributed by atoms with van der Waals surface area (Å²) in [4.78, 5) is 28.4. The SMILES string of the molecule is O=C1C(=O)N(Cc2ccc(F)cc2)C(c2cccs2)/C1=C(/O)c1cccc2ccccc12. The molecule has 1 atom stereocenters. The van der Waals surface area contributed by atoms with Crippen LogP contribution in [0.4, 0.5) is 4.39 Å². The van der Waals surface area contributed by atoms with Crippen LogP contribution in [0.2, 0.25) is 0 Å². The molecular formula is C26H18FNO3S. The number of hydrogen-bond acceptors (Lipinski definition) is 4. The van der Waals surface area contributed by atoms with Crippen molar-refractivity contribution in [1.29, 1.82) is 0 Å². The van der Waals surface area contributed by atoms with Crippen LogP contribution in [-0.2, 0) is 16.1 Å². The van der Waals surface area contributed by atoms with Crippen LogP contribution in [0, 0.1) is 5.82 Å². The van der Waals surface area contributed by atoms with Crippen molar-refractivity contribution < 1.29 is 19.1 Å². The molecule has 0 spiro atoms. The average Bonchev–Trinajstić information content (AvgIpc) is 3.42. The summed E-state index contributed by atoms with van der Waals surface area (Å²) in [5, 5.41) is 14.9. The van der Waals surface area contributed by atoms with Gasteiger partial charge in [-0.25, -0.2) is 4.39 Å². The van der Waals surface area contributed by atoms with Gasteiger partial charge in [0.25, 0.3) is 11.7 Å². The normalized spacial score (nSPS) is 17.9. The lowest BCUT2D eigenvalue weighted by molar-refractivity contribution is -0.140. The number of nitrogens with zero attached hydrogens (tertiary/aromatic N) is 1. The van der Waals surface area contributed by atoms with E-state index in [1.54, 1.807) is 18.2 Å². The molecule has 1 N–H and O–H groups in total. The minimum Gasteiger partial charge on any atom is -0.507 e. The molecule has 1 aliphatic heterocycles. The molecule has 4 aromatic rings. The maximum absolute atomic E-state index is 13.3. The number of benzene rings is 3. The first-order valence-electron chi connectivity index (χ1n) is 10.1. The zero-order valence-electron chi connectivity index (χ0n) is 16.9. The molecule has 3 aromatic carbocycles. The molecule has 1 saturated heterocycles. The molecule has 4 nitrogen and oxygen atoms in total. The summed E-state index contributed by atoms with van der Waals surface area (Å²) in [5.41, 5.74) is 1.26. The third-order valence-electron chi connectivity index (χ3n) is 5.66. The number of ketones is 1. The second kappa shape index (κ2) is 8.05. The molecule has 0 bridgehead atoms. The maximum Gasteiger partial charge on any atom is 0.295 e. The van der Waals surface area contributed by atoms with E-state index in [0.29, 0.717) is 11.1 Å². The fraction of sp³-hybridized carbons (Fsp3) is 0.0769. The van der Waals surface area contributed by atoms with E-state index >= 15 is 0 Å². The Kier molecular flexibility index (Phi) is 5.07. The van der Waals surface area contributed by atoms with E-state index in [1.807, 2.05) is 53.9 Å². The molecule has 2 heterocycles. The first kappa shape index (κ1) is 20.2. The van der Waals surface area contributed by atoms with Gasteiger partial charge in [0.05, 0.1) is 11.6 Å². The standard InChI is InChI=1S/C26H18FNO3S/c27-18-12-10-16(11-13-18)15-28-23(21-9-4-14-32-21)22(25(30)26(28)31)24(29)20-8-3-6-17-5-1-2-7-19(17)20/h1-14,23,29H,15H2/b24-22-. The number of thiophene rings is 1. The van der Waals surface area contributed by atoms with Crippen LogP contribution in [-0.4, -0.2) is 21.7 Å². The van der Waals surface area contributed by atoms with Crippen molar-refractivity contribution in [3.63, 3.8) is 0 Å².